The molecule has 2 aromatic rings. The second-order valence-corrected chi connectivity index (χ2v) is 8.87. The summed E-state index contributed by atoms with van der Waals surface area (Å²) in [6, 6.07) is 3.89. The third-order valence-electron chi connectivity index (χ3n) is 3.23. The largest absolute Gasteiger partial charge is 0.411 e. The predicted octanol–water partition coefficient (Wildman–Crippen LogP) is 1.13. The smallest absolute Gasteiger partial charge is 0.335 e. The molecule has 0 unspecified atom stereocenters. The molecule has 8 nitrogen and oxygen atoms in total. The van der Waals surface area contributed by atoms with E-state index in [2.05, 4.69) is 14.9 Å². The zero-order valence-electron chi connectivity index (χ0n) is 13.1. The molecule has 0 fully saturated rings. The van der Waals surface area contributed by atoms with E-state index >= 15 is 0 Å². The molecule has 0 saturated carbocycles. The van der Waals surface area contributed by atoms with Crippen molar-refractivity contribution in [1.29, 1.82) is 0 Å². The van der Waals surface area contributed by atoms with E-state index < -0.39 is 31.1 Å². The molecule has 0 aliphatic rings. The molecule has 0 saturated heterocycles. The van der Waals surface area contributed by atoms with Gasteiger partial charge in [-0.3, -0.25) is 0 Å². The minimum absolute atomic E-state index is 0.107. The van der Waals surface area contributed by atoms with E-state index in [4.69, 9.17) is 4.42 Å². The molecule has 0 radical (unpaired) electrons. The van der Waals surface area contributed by atoms with E-state index in [1.807, 2.05) is 13.8 Å². The first-order chi connectivity index (χ1) is 10.5. The van der Waals surface area contributed by atoms with Crippen LogP contribution in [-0.4, -0.2) is 33.3 Å². The summed E-state index contributed by atoms with van der Waals surface area (Å²) < 4.78 is 54.7. The minimum atomic E-state index is -3.80. The van der Waals surface area contributed by atoms with Gasteiger partial charge in [-0.05, 0) is 44.0 Å². The molecule has 0 spiro atoms. The Bertz CT molecular complexity index is 932. The maximum Gasteiger partial charge on any atom is 0.335 e. The maximum atomic E-state index is 12.4. The Hall–Kier alpha value is -1.78. The Kier molecular flexibility index (Phi) is 4.60. The lowest BCUT2D eigenvalue weighted by Gasteiger charge is -2.12. The van der Waals surface area contributed by atoms with E-state index in [9.17, 15) is 16.8 Å². The molecule has 0 aliphatic heterocycles. The topological polar surface area (TPSA) is 119 Å². The quantitative estimate of drug-likeness (QED) is 0.849. The minimum Gasteiger partial charge on any atom is -0.411 e. The lowest BCUT2D eigenvalue weighted by atomic mass is 10.1. The Morgan fingerprint density at radius 3 is 2.26 bits per heavy atom. The maximum absolute atomic E-state index is 12.4. The molecular weight excluding hydrogens is 342 g/mol. The molecule has 10 heteroatoms. The Labute approximate surface area is 134 Å². The highest BCUT2D eigenvalue weighted by atomic mass is 32.2. The molecule has 126 valence electrons. The van der Waals surface area contributed by atoms with E-state index in [1.54, 1.807) is 12.1 Å². The number of aromatic nitrogens is 2. The Morgan fingerprint density at radius 1 is 1.09 bits per heavy atom. The van der Waals surface area contributed by atoms with Gasteiger partial charge in [0.15, 0.2) is 0 Å². The molecule has 1 heterocycles. The van der Waals surface area contributed by atoms with E-state index in [-0.39, 0.29) is 10.8 Å². The van der Waals surface area contributed by atoms with Gasteiger partial charge in [0.2, 0.25) is 25.8 Å². The van der Waals surface area contributed by atoms with Crippen LogP contribution in [-0.2, 0) is 19.9 Å². The summed E-state index contributed by atoms with van der Waals surface area (Å²) in [5.74, 6) is -0.127. The van der Waals surface area contributed by atoms with E-state index in [1.165, 1.54) is 13.0 Å². The van der Waals surface area contributed by atoms with Crippen molar-refractivity contribution in [1.82, 2.24) is 14.9 Å². The monoisotopic (exact) mass is 359 g/mol. The van der Waals surface area contributed by atoms with Crippen LogP contribution in [0.3, 0.4) is 0 Å². The fraction of sp³-hybridized carbons (Fsp3) is 0.385. The van der Waals surface area contributed by atoms with Crippen LogP contribution < -0.4 is 4.72 Å². The highest BCUT2D eigenvalue weighted by Crippen LogP contribution is 2.19. The summed E-state index contributed by atoms with van der Waals surface area (Å²) >= 11 is 0. The highest BCUT2D eigenvalue weighted by molar-refractivity contribution is 7.90. The summed E-state index contributed by atoms with van der Waals surface area (Å²) in [5.41, 5.74) is 1.82. The summed E-state index contributed by atoms with van der Waals surface area (Å²) in [6.07, 6.45) is 0.925. The molecule has 1 N–H and O–H groups in total. The number of hydrogen-bond acceptors (Lipinski definition) is 7. The van der Waals surface area contributed by atoms with Crippen molar-refractivity contribution >= 4 is 19.9 Å². The summed E-state index contributed by atoms with van der Waals surface area (Å²) in [7, 11) is -7.44. The van der Waals surface area contributed by atoms with Gasteiger partial charge >= 0.3 is 5.22 Å². The van der Waals surface area contributed by atoms with Gasteiger partial charge in [-0.25, -0.2) is 16.8 Å². The molecule has 1 aromatic carbocycles. The van der Waals surface area contributed by atoms with Crippen molar-refractivity contribution in [3.8, 4) is 0 Å². The van der Waals surface area contributed by atoms with Gasteiger partial charge in [0.25, 0.3) is 0 Å². The van der Waals surface area contributed by atoms with E-state index in [0.717, 1.165) is 17.4 Å². The van der Waals surface area contributed by atoms with Gasteiger partial charge in [-0.1, -0.05) is 11.2 Å². The second kappa shape index (κ2) is 6.02. The molecule has 23 heavy (non-hydrogen) atoms. The number of nitrogens with zero attached hydrogens (tertiary/aromatic N) is 2. The molecule has 0 amide bonds. The van der Waals surface area contributed by atoms with Gasteiger partial charge < -0.3 is 4.42 Å². The van der Waals surface area contributed by atoms with Crippen molar-refractivity contribution in [2.45, 2.75) is 36.9 Å². The van der Waals surface area contributed by atoms with Crippen LogP contribution in [0.4, 0.5) is 0 Å². The fourth-order valence-electron chi connectivity index (χ4n) is 1.78. The molecule has 2 rings (SSSR count). The van der Waals surface area contributed by atoms with Gasteiger partial charge in [0, 0.05) is 6.26 Å². The van der Waals surface area contributed by atoms with Crippen LogP contribution in [0.5, 0.6) is 0 Å². The fourth-order valence-corrected chi connectivity index (χ4v) is 3.48. The molecule has 1 aromatic heterocycles. The summed E-state index contributed by atoms with van der Waals surface area (Å²) in [6.45, 7) is 5.18. The van der Waals surface area contributed by atoms with Crippen molar-refractivity contribution in [3.63, 3.8) is 0 Å². The number of rotatable bonds is 5. The van der Waals surface area contributed by atoms with Crippen molar-refractivity contribution < 1.29 is 21.3 Å². The SMILES string of the molecule is Cc1ccc(S(=O)(=O)N[C@@H](C)c2nnc(S(C)(=O)=O)o2)cc1C. The first-order valence-corrected chi connectivity index (χ1v) is 10.0. The first kappa shape index (κ1) is 17.6. The van der Waals surface area contributed by atoms with Crippen LogP contribution in [0.15, 0.2) is 32.7 Å². The van der Waals surface area contributed by atoms with Crippen LogP contribution in [0.2, 0.25) is 0 Å². The lowest BCUT2D eigenvalue weighted by molar-refractivity contribution is 0.373. The lowest BCUT2D eigenvalue weighted by Crippen LogP contribution is -2.27. The van der Waals surface area contributed by atoms with Gasteiger partial charge in [0.1, 0.15) is 0 Å². The zero-order valence-corrected chi connectivity index (χ0v) is 14.7. The van der Waals surface area contributed by atoms with Gasteiger partial charge in [-0.2, -0.15) is 4.72 Å². The van der Waals surface area contributed by atoms with Crippen LogP contribution in [0.1, 0.15) is 30.0 Å². The number of nitrogens with one attached hydrogen (secondary N) is 1. The zero-order chi connectivity index (χ0) is 17.4. The van der Waals surface area contributed by atoms with Crippen molar-refractivity contribution in [2.24, 2.45) is 0 Å². The van der Waals surface area contributed by atoms with Gasteiger partial charge in [0.05, 0.1) is 10.9 Å². The number of sulfonamides is 1. The number of benzene rings is 1. The summed E-state index contributed by atoms with van der Waals surface area (Å²) in [5, 5.41) is 6.42. The predicted molar refractivity (Wildman–Crippen MR) is 82.1 cm³/mol. The second-order valence-electron chi connectivity index (χ2n) is 5.27. The number of aryl methyl sites for hydroxylation is 2. The third-order valence-corrected chi connectivity index (χ3v) is 5.57. The van der Waals surface area contributed by atoms with Crippen molar-refractivity contribution in [3.05, 3.63) is 35.2 Å². The first-order valence-electron chi connectivity index (χ1n) is 6.64. The van der Waals surface area contributed by atoms with Crippen LogP contribution in [0.25, 0.3) is 0 Å². The third kappa shape index (κ3) is 3.95. The molecule has 0 aliphatic carbocycles. The summed E-state index contributed by atoms with van der Waals surface area (Å²) in [4.78, 5) is 0.107. The van der Waals surface area contributed by atoms with E-state index in [0.29, 0.717) is 0 Å². The average Bonchev–Trinajstić information content (AvgIpc) is 2.91. The Balaban J connectivity index is 2.26. The highest BCUT2D eigenvalue weighted by Gasteiger charge is 2.24. The van der Waals surface area contributed by atoms with Gasteiger partial charge in [-0.15, -0.1) is 5.10 Å². The molecule has 0 bridgehead atoms. The van der Waals surface area contributed by atoms with Crippen molar-refractivity contribution in [2.75, 3.05) is 6.26 Å². The molecule has 1 atom stereocenters. The van der Waals surface area contributed by atoms with Crippen LogP contribution in [0, 0.1) is 13.8 Å². The normalized spacial score (nSPS) is 13.9. The van der Waals surface area contributed by atoms with Crippen LogP contribution >= 0.6 is 0 Å². The Morgan fingerprint density at radius 2 is 1.74 bits per heavy atom. The molecular formula is C13H17N3O5S2. The standard InChI is InChI=1S/C13H17N3O5S2/c1-8-5-6-11(7-9(8)2)23(19,20)16-10(3)12-14-15-13(21-12)22(4,17)18/h5-7,10,16H,1-4H3/t10-/m0/s1. The number of sulfone groups is 1. The average molecular weight is 359 g/mol. The number of hydrogen-bond donors (Lipinski definition) is 1.